The summed E-state index contributed by atoms with van der Waals surface area (Å²) in [5.41, 5.74) is 1.66. The molecule has 1 fully saturated rings. The van der Waals surface area contributed by atoms with E-state index >= 15 is 0 Å². The summed E-state index contributed by atoms with van der Waals surface area (Å²) in [4.78, 5) is 34.0. The summed E-state index contributed by atoms with van der Waals surface area (Å²) in [7, 11) is 2.09. The van der Waals surface area contributed by atoms with Crippen LogP contribution in [0.3, 0.4) is 0 Å². The summed E-state index contributed by atoms with van der Waals surface area (Å²) in [5, 5.41) is 9.51. The number of aromatic nitrogens is 1. The number of amides is 2. The van der Waals surface area contributed by atoms with Crippen molar-refractivity contribution in [1.29, 1.82) is 0 Å². The SMILES string of the molecule is CN1CCc2nc(C(=O)N[C@@H]3CCCC[C@@H]3NC(=O)c3ccc4cc(Cl)ccc4c3)sc2C1. The number of hydrogen-bond donors (Lipinski definition) is 2. The lowest BCUT2D eigenvalue weighted by atomic mass is 9.90. The third-order valence-corrected chi connectivity index (χ3v) is 7.90. The van der Waals surface area contributed by atoms with Gasteiger partial charge >= 0.3 is 0 Å². The number of hydrogen-bond acceptors (Lipinski definition) is 5. The molecule has 33 heavy (non-hydrogen) atoms. The van der Waals surface area contributed by atoms with Crippen molar-refractivity contribution in [3.05, 3.63) is 62.6 Å². The van der Waals surface area contributed by atoms with E-state index in [2.05, 4.69) is 27.6 Å². The second kappa shape index (κ2) is 9.41. The van der Waals surface area contributed by atoms with Gasteiger partial charge in [-0.15, -0.1) is 11.3 Å². The molecule has 0 radical (unpaired) electrons. The van der Waals surface area contributed by atoms with Gasteiger partial charge in [0.25, 0.3) is 11.8 Å². The maximum Gasteiger partial charge on any atom is 0.280 e. The van der Waals surface area contributed by atoms with Crippen LogP contribution in [0.25, 0.3) is 10.8 Å². The number of halogens is 1. The van der Waals surface area contributed by atoms with E-state index in [0.29, 0.717) is 15.6 Å². The third kappa shape index (κ3) is 4.90. The number of carbonyl (C=O) groups excluding carboxylic acids is 2. The topological polar surface area (TPSA) is 74.3 Å². The van der Waals surface area contributed by atoms with Gasteiger partial charge in [-0.05, 0) is 54.9 Å². The van der Waals surface area contributed by atoms with E-state index in [0.717, 1.165) is 61.7 Å². The lowest BCUT2D eigenvalue weighted by Gasteiger charge is -2.32. The Morgan fingerprint density at radius 1 is 1.03 bits per heavy atom. The minimum Gasteiger partial charge on any atom is -0.347 e. The van der Waals surface area contributed by atoms with Gasteiger partial charge in [-0.1, -0.05) is 36.6 Å². The van der Waals surface area contributed by atoms with E-state index in [4.69, 9.17) is 11.6 Å². The molecule has 0 bridgehead atoms. The highest BCUT2D eigenvalue weighted by Crippen LogP contribution is 2.26. The molecular formula is C25H27ClN4O2S. The van der Waals surface area contributed by atoms with Gasteiger partial charge in [-0.25, -0.2) is 4.98 Å². The van der Waals surface area contributed by atoms with E-state index in [1.54, 1.807) is 0 Å². The van der Waals surface area contributed by atoms with Crippen molar-refractivity contribution in [3.63, 3.8) is 0 Å². The first-order valence-electron chi connectivity index (χ1n) is 11.4. The number of likely N-dealkylation sites (N-methyl/N-ethyl adjacent to an activating group) is 1. The first kappa shape index (κ1) is 22.3. The lowest BCUT2D eigenvalue weighted by Crippen LogP contribution is -2.53. The van der Waals surface area contributed by atoms with Gasteiger partial charge in [-0.2, -0.15) is 0 Å². The van der Waals surface area contributed by atoms with Gasteiger partial charge in [0.2, 0.25) is 0 Å². The molecule has 1 aromatic heterocycles. The summed E-state index contributed by atoms with van der Waals surface area (Å²) in [6, 6.07) is 11.1. The monoisotopic (exact) mass is 482 g/mol. The van der Waals surface area contributed by atoms with Crippen LogP contribution in [0.2, 0.25) is 5.02 Å². The molecule has 2 heterocycles. The molecule has 0 saturated heterocycles. The van der Waals surface area contributed by atoms with Gasteiger partial charge in [0.1, 0.15) is 0 Å². The molecule has 1 aliphatic carbocycles. The molecular weight excluding hydrogens is 456 g/mol. The Hall–Kier alpha value is -2.48. The number of thiazole rings is 1. The fourth-order valence-electron chi connectivity index (χ4n) is 4.74. The molecule has 1 aliphatic heterocycles. The summed E-state index contributed by atoms with van der Waals surface area (Å²) in [6.07, 6.45) is 4.65. The molecule has 2 N–H and O–H groups in total. The standard InChI is InChI=1S/C25H27ClN4O2S/c1-30-11-10-21-22(14-30)33-25(29-21)24(32)28-20-5-3-2-4-19(20)27-23(31)17-7-6-16-13-18(26)9-8-15(16)12-17/h6-9,12-13,19-20H,2-5,10-11,14H2,1H3,(H,27,31)(H,28,32)/t19-,20+/m0/s1. The number of fused-ring (bicyclic) bond motifs is 2. The zero-order chi connectivity index (χ0) is 22.9. The number of nitrogens with zero attached hydrogens (tertiary/aromatic N) is 2. The predicted octanol–water partition coefficient (Wildman–Crippen LogP) is 4.41. The molecule has 3 aromatic rings. The molecule has 5 rings (SSSR count). The fraction of sp³-hybridized carbons (Fsp3) is 0.400. The molecule has 2 aromatic carbocycles. The molecule has 0 spiro atoms. The molecule has 6 nitrogen and oxygen atoms in total. The smallest absolute Gasteiger partial charge is 0.280 e. The number of carbonyl (C=O) groups is 2. The Labute approximate surface area is 202 Å². The van der Waals surface area contributed by atoms with E-state index in [1.807, 2.05) is 36.4 Å². The molecule has 1 saturated carbocycles. The Morgan fingerprint density at radius 3 is 2.52 bits per heavy atom. The Kier molecular flexibility index (Phi) is 6.36. The van der Waals surface area contributed by atoms with Crippen LogP contribution in [-0.2, 0) is 13.0 Å². The molecule has 2 aliphatic rings. The first-order valence-corrected chi connectivity index (χ1v) is 12.6. The second-order valence-electron chi connectivity index (χ2n) is 9.03. The second-order valence-corrected chi connectivity index (χ2v) is 10.5. The minimum absolute atomic E-state index is 0.0990. The predicted molar refractivity (Wildman–Crippen MR) is 132 cm³/mol. The summed E-state index contributed by atoms with van der Waals surface area (Å²) >= 11 is 7.56. The van der Waals surface area contributed by atoms with Gasteiger partial charge in [0, 0.05) is 47.1 Å². The Balaban J connectivity index is 1.27. The molecule has 0 unspecified atom stereocenters. The van der Waals surface area contributed by atoms with Gasteiger partial charge < -0.3 is 15.5 Å². The van der Waals surface area contributed by atoms with Crippen LogP contribution in [0.15, 0.2) is 36.4 Å². The normalized spacial score (nSPS) is 20.9. The Morgan fingerprint density at radius 2 is 1.73 bits per heavy atom. The van der Waals surface area contributed by atoms with Crippen molar-refractivity contribution in [1.82, 2.24) is 20.5 Å². The zero-order valence-electron chi connectivity index (χ0n) is 18.6. The fourth-order valence-corrected chi connectivity index (χ4v) is 6.01. The highest BCUT2D eigenvalue weighted by Gasteiger charge is 2.30. The van der Waals surface area contributed by atoms with Crippen LogP contribution in [0, 0.1) is 0 Å². The minimum atomic E-state index is -0.134. The van der Waals surface area contributed by atoms with Crippen molar-refractivity contribution in [2.75, 3.05) is 13.6 Å². The average Bonchev–Trinajstić information content (AvgIpc) is 3.23. The number of rotatable bonds is 4. The average molecular weight is 483 g/mol. The lowest BCUT2D eigenvalue weighted by molar-refractivity contribution is 0.0862. The van der Waals surface area contributed by atoms with Crippen LogP contribution in [0.4, 0.5) is 0 Å². The summed E-state index contributed by atoms with van der Waals surface area (Å²) in [5.74, 6) is -0.253. The van der Waals surface area contributed by atoms with Crippen molar-refractivity contribution in [3.8, 4) is 0 Å². The Bertz CT molecular complexity index is 1210. The van der Waals surface area contributed by atoms with Crippen molar-refractivity contribution in [2.24, 2.45) is 0 Å². The number of nitrogens with one attached hydrogen (secondary N) is 2. The third-order valence-electron chi connectivity index (χ3n) is 6.58. The van der Waals surface area contributed by atoms with Crippen LogP contribution < -0.4 is 10.6 Å². The van der Waals surface area contributed by atoms with Crippen LogP contribution in [-0.4, -0.2) is 47.4 Å². The maximum atomic E-state index is 13.0. The zero-order valence-corrected chi connectivity index (χ0v) is 20.1. The van der Waals surface area contributed by atoms with Crippen molar-refractivity contribution in [2.45, 2.75) is 50.7 Å². The van der Waals surface area contributed by atoms with E-state index in [1.165, 1.54) is 16.2 Å². The van der Waals surface area contributed by atoms with E-state index in [9.17, 15) is 9.59 Å². The molecule has 2 atom stereocenters. The van der Waals surface area contributed by atoms with Crippen molar-refractivity contribution >= 4 is 45.5 Å². The molecule has 172 valence electrons. The van der Waals surface area contributed by atoms with Crippen LogP contribution in [0.1, 0.15) is 56.4 Å². The quantitative estimate of drug-likeness (QED) is 0.577. The van der Waals surface area contributed by atoms with Gasteiger partial charge in [0.15, 0.2) is 5.01 Å². The van der Waals surface area contributed by atoms with Crippen LogP contribution >= 0.6 is 22.9 Å². The summed E-state index contributed by atoms with van der Waals surface area (Å²) < 4.78 is 0. The number of benzene rings is 2. The van der Waals surface area contributed by atoms with Crippen molar-refractivity contribution < 1.29 is 9.59 Å². The van der Waals surface area contributed by atoms with Gasteiger partial charge in [0.05, 0.1) is 5.69 Å². The highest BCUT2D eigenvalue weighted by atomic mass is 35.5. The van der Waals surface area contributed by atoms with E-state index < -0.39 is 0 Å². The first-order chi connectivity index (χ1) is 16.0. The molecule has 2 amide bonds. The summed E-state index contributed by atoms with van der Waals surface area (Å²) in [6.45, 7) is 1.82. The van der Waals surface area contributed by atoms with E-state index in [-0.39, 0.29) is 23.9 Å². The largest absolute Gasteiger partial charge is 0.347 e. The van der Waals surface area contributed by atoms with Gasteiger partial charge in [-0.3, -0.25) is 9.59 Å². The highest BCUT2D eigenvalue weighted by molar-refractivity contribution is 7.13. The van der Waals surface area contributed by atoms with Crippen LogP contribution in [0.5, 0.6) is 0 Å². The molecule has 8 heteroatoms. The maximum absolute atomic E-state index is 13.0.